The van der Waals surface area contributed by atoms with Crippen LogP contribution in [0.15, 0.2) is 42.5 Å². The van der Waals surface area contributed by atoms with Crippen LogP contribution in [-0.4, -0.2) is 11.7 Å². The molecule has 3 heteroatoms. The van der Waals surface area contributed by atoms with Crippen molar-refractivity contribution in [2.24, 2.45) is 0 Å². The molecule has 1 saturated heterocycles. The highest BCUT2D eigenvalue weighted by Crippen LogP contribution is 2.49. The highest BCUT2D eigenvalue weighted by Gasteiger charge is 2.38. The van der Waals surface area contributed by atoms with Gasteiger partial charge in [0.2, 0.25) is 0 Å². The van der Waals surface area contributed by atoms with Gasteiger partial charge in [-0.05, 0) is 40.8 Å². The summed E-state index contributed by atoms with van der Waals surface area (Å²) in [5.74, 6) is -0.0833. The second kappa shape index (κ2) is 4.40. The van der Waals surface area contributed by atoms with Gasteiger partial charge in [-0.25, -0.2) is 4.39 Å². The second-order valence-corrected chi connectivity index (χ2v) is 5.49. The zero-order valence-corrected chi connectivity index (χ0v) is 10.9. The van der Waals surface area contributed by atoms with E-state index in [0.29, 0.717) is 6.61 Å². The normalized spacial score (nSPS) is 27.4. The van der Waals surface area contributed by atoms with Gasteiger partial charge in [-0.2, -0.15) is 0 Å². The summed E-state index contributed by atoms with van der Waals surface area (Å²) in [4.78, 5) is 0. The van der Waals surface area contributed by atoms with Crippen molar-refractivity contribution in [3.8, 4) is 0 Å². The Morgan fingerprint density at radius 2 is 1.75 bits per heavy atom. The fraction of sp³-hybridized carbons (Fsp3) is 0.294. The molecule has 2 aliphatic rings. The van der Waals surface area contributed by atoms with Crippen LogP contribution >= 0.6 is 0 Å². The number of hydrogen-bond acceptors (Lipinski definition) is 2. The summed E-state index contributed by atoms with van der Waals surface area (Å²) >= 11 is 0. The molecule has 4 rings (SSSR count). The van der Waals surface area contributed by atoms with Crippen LogP contribution in [0.1, 0.15) is 46.8 Å². The van der Waals surface area contributed by atoms with Crippen LogP contribution in [0.5, 0.6) is 0 Å². The molecule has 0 aromatic heterocycles. The first-order valence-corrected chi connectivity index (χ1v) is 6.93. The standard InChI is InChI=1S/C17H15FO2/c18-10-5-6-13-15(9-10)17-14(7-8-20-17)11-3-1-2-4-12(11)16(13)19/h1-6,9,14,16-17,19H,7-8H2/t14-,16+,17-/m1/s1. The van der Waals surface area contributed by atoms with Gasteiger partial charge in [-0.3, -0.25) is 0 Å². The number of rotatable bonds is 0. The predicted molar refractivity (Wildman–Crippen MR) is 73.0 cm³/mol. The Morgan fingerprint density at radius 1 is 1.00 bits per heavy atom. The van der Waals surface area contributed by atoms with E-state index in [2.05, 4.69) is 0 Å². The van der Waals surface area contributed by atoms with E-state index in [1.54, 1.807) is 6.07 Å². The Bertz CT molecular complexity index is 668. The highest BCUT2D eigenvalue weighted by molar-refractivity contribution is 5.47. The van der Waals surface area contributed by atoms with Crippen LogP contribution in [0.2, 0.25) is 0 Å². The molecule has 102 valence electrons. The molecule has 1 N–H and O–H groups in total. The monoisotopic (exact) mass is 270 g/mol. The van der Waals surface area contributed by atoms with E-state index >= 15 is 0 Å². The van der Waals surface area contributed by atoms with Crippen LogP contribution in [0.4, 0.5) is 4.39 Å². The van der Waals surface area contributed by atoms with Crippen LogP contribution in [0.3, 0.4) is 0 Å². The minimum atomic E-state index is -0.712. The van der Waals surface area contributed by atoms with Gasteiger partial charge in [0.15, 0.2) is 0 Å². The maximum Gasteiger partial charge on any atom is 0.123 e. The zero-order chi connectivity index (χ0) is 13.7. The molecule has 2 aromatic carbocycles. The third kappa shape index (κ3) is 1.63. The molecular weight excluding hydrogens is 255 g/mol. The first kappa shape index (κ1) is 12.1. The Balaban J connectivity index is 2.00. The number of ether oxygens (including phenoxy) is 1. The highest BCUT2D eigenvalue weighted by atomic mass is 19.1. The Hall–Kier alpha value is -1.71. The molecule has 1 aliphatic carbocycles. The third-order valence-corrected chi connectivity index (χ3v) is 4.43. The molecule has 0 radical (unpaired) electrons. The van der Waals surface area contributed by atoms with E-state index in [1.165, 1.54) is 12.1 Å². The van der Waals surface area contributed by atoms with Gasteiger partial charge in [0.05, 0.1) is 6.10 Å². The van der Waals surface area contributed by atoms with Gasteiger partial charge in [-0.15, -0.1) is 0 Å². The number of benzene rings is 2. The largest absolute Gasteiger partial charge is 0.384 e. The lowest BCUT2D eigenvalue weighted by Crippen LogP contribution is -2.06. The molecule has 1 heterocycles. The van der Waals surface area contributed by atoms with Crippen molar-refractivity contribution in [1.82, 2.24) is 0 Å². The van der Waals surface area contributed by atoms with E-state index in [1.807, 2.05) is 24.3 Å². The summed E-state index contributed by atoms with van der Waals surface area (Å²) in [6.07, 6.45) is 0.0414. The van der Waals surface area contributed by atoms with Crippen molar-refractivity contribution in [2.75, 3.05) is 6.61 Å². The molecule has 2 nitrogen and oxygen atoms in total. The van der Waals surface area contributed by atoms with E-state index in [4.69, 9.17) is 4.74 Å². The molecule has 0 unspecified atom stereocenters. The zero-order valence-electron chi connectivity index (χ0n) is 10.9. The maximum atomic E-state index is 13.6. The van der Waals surface area contributed by atoms with E-state index in [-0.39, 0.29) is 17.8 Å². The molecule has 1 fully saturated rings. The summed E-state index contributed by atoms with van der Waals surface area (Å²) in [5, 5.41) is 10.7. The summed E-state index contributed by atoms with van der Waals surface area (Å²) in [7, 11) is 0. The first-order valence-electron chi connectivity index (χ1n) is 6.93. The van der Waals surface area contributed by atoms with Gasteiger partial charge in [0.1, 0.15) is 11.9 Å². The predicted octanol–water partition coefficient (Wildman–Crippen LogP) is 3.47. The molecule has 2 aromatic rings. The van der Waals surface area contributed by atoms with Crippen molar-refractivity contribution < 1.29 is 14.2 Å². The lowest BCUT2D eigenvalue weighted by Gasteiger charge is -2.19. The van der Waals surface area contributed by atoms with Gasteiger partial charge >= 0.3 is 0 Å². The van der Waals surface area contributed by atoms with Crippen LogP contribution in [-0.2, 0) is 4.74 Å². The average molecular weight is 270 g/mol. The summed E-state index contributed by atoms with van der Waals surface area (Å²) < 4.78 is 19.4. The summed E-state index contributed by atoms with van der Waals surface area (Å²) in [5.41, 5.74) is 3.59. The summed E-state index contributed by atoms with van der Waals surface area (Å²) in [6, 6.07) is 12.5. The van der Waals surface area contributed by atoms with Gasteiger partial charge in [-0.1, -0.05) is 30.3 Å². The number of aliphatic hydroxyl groups is 1. The fourth-order valence-corrected chi connectivity index (χ4v) is 3.52. The molecule has 1 aliphatic heterocycles. The average Bonchev–Trinajstić information content (AvgIpc) is 2.92. The van der Waals surface area contributed by atoms with Gasteiger partial charge < -0.3 is 9.84 Å². The van der Waals surface area contributed by atoms with E-state index in [9.17, 15) is 9.50 Å². The van der Waals surface area contributed by atoms with E-state index in [0.717, 1.165) is 28.7 Å². The maximum absolute atomic E-state index is 13.6. The number of aliphatic hydroxyl groups excluding tert-OH is 1. The number of fused-ring (bicyclic) bond motifs is 5. The van der Waals surface area contributed by atoms with Crippen molar-refractivity contribution in [3.63, 3.8) is 0 Å². The lowest BCUT2D eigenvalue weighted by atomic mass is 9.88. The minimum absolute atomic E-state index is 0.154. The molecule has 0 spiro atoms. The van der Waals surface area contributed by atoms with Gasteiger partial charge in [0, 0.05) is 12.5 Å². The van der Waals surface area contributed by atoms with Crippen molar-refractivity contribution in [3.05, 3.63) is 70.5 Å². The molecule has 20 heavy (non-hydrogen) atoms. The topological polar surface area (TPSA) is 29.5 Å². The Labute approximate surface area is 116 Å². The SMILES string of the molecule is O[C@H]1c2ccccc2[C@H]2CCO[C@H]2c2cc(F)ccc21. The molecule has 0 saturated carbocycles. The van der Waals surface area contributed by atoms with Crippen LogP contribution in [0.25, 0.3) is 0 Å². The number of halogens is 1. The van der Waals surface area contributed by atoms with Gasteiger partial charge in [0.25, 0.3) is 0 Å². The molecular formula is C17H15FO2. The van der Waals surface area contributed by atoms with Crippen LogP contribution in [0, 0.1) is 5.82 Å². The van der Waals surface area contributed by atoms with Crippen LogP contribution < -0.4 is 0 Å². The Morgan fingerprint density at radius 3 is 2.60 bits per heavy atom. The lowest BCUT2D eigenvalue weighted by molar-refractivity contribution is 0.103. The van der Waals surface area contributed by atoms with Crippen molar-refractivity contribution >= 4 is 0 Å². The smallest absolute Gasteiger partial charge is 0.123 e. The molecule has 0 amide bonds. The molecule has 0 bridgehead atoms. The van der Waals surface area contributed by atoms with Crippen molar-refractivity contribution in [2.45, 2.75) is 24.5 Å². The van der Waals surface area contributed by atoms with E-state index < -0.39 is 6.10 Å². The quantitative estimate of drug-likeness (QED) is 0.794. The Kier molecular flexibility index (Phi) is 2.65. The minimum Gasteiger partial charge on any atom is -0.384 e. The van der Waals surface area contributed by atoms with Crippen molar-refractivity contribution in [1.29, 1.82) is 0 Å². The second-order valence-electron chi connectivity index (χ2n) is 5.49. The fourth-order valence-electron chi connectivity index (χ4n) is 3.52. The third-order valence-electron chi connectivity index (χ3n) is 4.43. The first-order chi connectivity index (χ1) is 9.75. The molecule has 3 atom stereocenters. The number of hydrogen-bond donors (Lipinski definition) is 1. The summed E-state index contributed by atoms with van der Waals surface area (Å²) in [6.45, 7) is 0.676.